The highest BCUT2D eigenvalue weighted by atomic mass is 16.6. The number of nitro groups is 1. The van der Waals surface area contributed by atoms with Gasteiger partial charge in [-0.15, -0.1) is 0 Å². The third kappa shape index (κ3) is 3.49. The number of hydrogen-bond donors (Lipinski definition) is 1. The maximum Gasteiger partial charge on any atom is 0.410 e. The van der Waals surface area contributed by atoms with E-state index in [2.05, 4.69) is 10.2 Å². The Labute approximate surface area is 144 Å². The lowest BCUT2D eigenvalue weighted by molar-refractivity contribution is -0.384. The summed E-state index contributed by atoms with van der Waals surface area (Å²) in [5.41, 5.74) is 0.782. The summed E-state index contributed by atoms with van der Waals surface area (Å²) in [7, 11) is 0. The Balaban J connectivity index is 1.80. The van der Waals surface area contributed by atoms with Gasteiger partial charge < -0.3 is 14.5 Å². The van der Waals surface area contributed by atoms with E-state index in [0.29, 0.717) is 37.3 Å². The van der Waals surface area contributed by atoms with Gasteiger partial charge in [0.2, 0.25) is 0 Å². The zero-order valence-electron chi connectivity index (χ0n) is 14.5. The molecule has 2 heterocycles. The highest BCUT2D eigenvalue weighted by Crippen LogP contribution is 2.35. The number of amides is 1. The number of nitrogens with zero attached hydrogens (tertiary/aromatic N) is 4. The lowest BCUT2D eigenvalue weighted by Gasteiger charge is -2.36. The highest BCUT2D eigenvalue weighted by molar-refractivity contribution is 5.96. The molecule has 9 heteroatoms. The number of nitrogens with one attached hydrogen (secondary N) is 1. The SMILES string of the molecule is CC(C)(C)OC(=O)N1CCN(c2c([N+](=O)[O-])ccc3[nH]ncc23)CC1. The monoisotopic (exact) mass is 347 g/mol. The van der Waals surface area contributed by atoms with Crippen LogP contribution in [0.15, 0.2) is 18.3 Å². The smallest absolute Gasteiger partial charge is 0.410 e. The third-order valence-electron chi connectivity index (χ3n) is 4.02. The molecule has 3 rings (SSSR count). The van der Waals surface area contributed by atoms with Crippen LogP contribution in [-0.2, 0) is 4.74 Å². The van der Waals surface area contributed by atoms with Crippen molar-refractivity contribution in [3.05, 3.63) is 28.4 Å². The van der Waals surface area contributed by atoms with E-state index in [9.17, 15) is 14.9 Å². The van der Waals surface area contributed by atoms with Gasteiger partial charge in [-0.1, -0.05) is 0 Å². The molecule has 1 aliphatic heterocycles. The largest absolute Gasteiger partial charge is 0.444 e. The van der Waals surface area contributed by atoms with Crippen molar-refractivity contribution >= 4 is 28.4 Å². The number of benzene rings is 1. The van der Waals surface area contributed by atoms with Crippen LogP contribution in [0.3, 0.4) is 0 Å². The number of hydrogen-bond acceptors (Lipinski definition) is 6. The Morgan fingerprint density at radius 2 is 1.96 bits per heavy atom. The number of nitro benzene ring substituents is 1. The van der Waals surface area contributed by atoms with E-state index in [1.165, 1.54) is 6.07 Å². The molecule has 0 radical (unpaired) electrons. The number of anilines is 1. The molecule has 1 aromatic carbocycles. The van der Waals surface area contributed by atoms with Crippen molar-refractivity contribution in [3.8, 4) is 0 Å². The second-order valence-corrected chi connectivity index (χ2v) is 6.98. The molecule has 1 fully saturated rings. The zero-order chi connectivity index (χ0) is 18.2. The van der Waals surface area contributed by atoms with Crippen LogP contribution in [-0.4, -0.2) is 57.9 Å². The van der Waals surface area contributed by atoms with Crippen LogP contribution in [0.25, 0.3) is 10.9 Å². The first kappa shape index (κ1) is 17.0. The first-order chi connectivity index (χ1) is 11.8. The first-order valence-electron chi connectivity index (χ1n) is 8.09. The minimum Gasteiger partial charge on any atom is -0.444 e. The standard InChI is InChI=1S/C16H21N5O4/c1-16(2,3)25-15(22)20-8-6-19(7-9-20)14-11-10-17-18-12(11)4-5-13(14)21(23)24/h4-5,10H,6-9H2,1-3H3,(H,17,18). The number of rotatable bonds is 2. The summed E-state index contributed by atoms with van der Waals surface area (Å²) in [6.45, 7) is 7.34. The number of piperazine rings is 1. The lowest BCUT2D eigenvalue weighted by Crippen LogP contribution is -2.50. The van der Waals surface area contributed by atoms with Crippen molar-refractivity contribution in [3.63, 3.8) is 0 Å². The van der Waals surface area contributed by atoms with E-state index in [0.717, 1.165) is 5.52 Å². The van der Waals surface area contributed by atoms with Gasteiger partial charge in [-0.3, -0.25) is 15.2 Å². The quantitative estimate of drug-likeness (QED) is 0.661. The van der Waals surface area contributed by atoms with Crippen LogP contribution in [0.5, 0.6) is 0 Å². The number of aromatic amines is 1. The van der Waals surface area contributed by atoms with Crippen molar-refractivity contribution in [2.75, 3.05) is 31.1 Å². The van der Waals surface area contributed by atoms with Gasteiger partial charge in [-0.25, -0.2) is 4.79 Å². The highest BCUT2D eigenvalue weighted by Gasteiger charge is 2.30. The van der Waals surface area contributed by atoms with E-state index >= 15 is 0 Å². The van der Waals surface area contributed by atoms with Crippen molar-refractivity contribution in [2.45, 2.75) is 26.4 Å². The molecule has 0 unspecified atom stereocenters. The molecule has 134 valence electrons. The number of aromatic nitrogens is 2. The second kappa shape index (κ2) is 6.23. The summed E-state index contributed by atoms with van der Waals surface area (Å²) in [6, 6.07) is 3.14. The molecule has 0 spiro atoms. The maximum atomic E-state index is 12.2. The van der Waals surface area contributed by atoms with Gasteiger partial charge in [-0.05, 0) is 26.8 Å². The predicted molar refractivity (Wildman–Crippen MR) is 92.8 cm³/mol. The molecule has 25 heavy (non-hydrogen) atoms. The lowest BCUT2D eigenvalue weighted by atomic mass is 10.1. The van der Waals surface area contributed by atoms with Crippen LogP contribution in [0.4, 0.5) is 16.2 Å². The Hall–Kier alpha value is -2.84. The van der Waals surface area contributed by atoms with Crippen LogP contribution in [0.1, 0.15) is 20.8 Å². The molecule has 1 aliphatic rings. The van der Waals surface area contributed by atoms with Gasteiger partial charge in [0.15, 0.2) is 0 Å². The van der Waals surface area contributed by atoms with Crippen molar-refractivity contribution in [2.24, 2.45) is 0 Å². The Bertz CT molecular complexity index is 802. The summed E-state index contributed by atoms with van der Waals surface area (Å²) >= 11 is 0. The predicted octanol–water partition coefficient (Wildman–Crippen LogP) is 2.53. The minimum absolute atomic E-state index is 0.0413. The average molecular weight is 347 g/mol. The van der Waals surface area contributed by atoms with Gasteiger partial charge in [0.1, 0.15) is 11.3 Å². The summed E-state index contributed by atoms with van der Waals surface area (Å²) in [4.78, 5) is 26.8. The molecule has 1 amide bonds. The van der Waals surface area contributed by atoms with Gasteiger partial charge >= 0.3 is 6.09 Å². The second-order valence-electron chi connectivity index (χ2n) is 6.98. The van der Waals surface area contributed by atoms with E-state index in [4.69, 9.17) is 4.74 Å². The van der Waals surface area contributed by atoms with Crippen LogP contribution < -0.4 is 4.90 Å². The summed E-state index contributed by atoms with van der Waals surface area (Å²) < 4.78 is 5.38. The molecule has 1 aromatic heterocycles. The molecule has 0 atom stereocenters. The fraction of sp³-hybridized carbons (Fsp3) is 0.500. The zero-order valence-corrected chi connectivity index (χ0v) is 14.5. The van der Waals surface area contributed by atoms with Gasteiger partial charge in [-0.2, -0.15) is 5.10 Å². The molecule has 9 nitrogen and oxygen atoms in total. The normalized spacial score (nSPS) is 15.5. The Morgan fingerprint density at radius 1 is 1.28 bits per heavy atom. The topological polar surface area (TPSA) is 105 Å². The fourth-order valence-corrected chi connectivity index (χ4v) is 2.91. The molecule has 0 bridgehead atoms. The van der Waals surface area contributed by atoms with Crippen molar-refractivity contribution in [1.29, 1.82) is 0 Å². The van der Waals surface area contributed by atoms with Crippen LogP contribution >= 0.6 is 0 Å². The molecule has 1 saturated heterocycles. The first-order valence-corrected chi connectivity index (χ1v) is 8.09. The molecule has 0 aliphatic carbocycles. The van der Waals surface area contributed by atoms with Crippen LogP contribution in [0, 0.1) is 10.1 Å². The average Bonchev–Trinajstić information content (AvgIpc) is 3.01. The molecule has 0 saturated carbocycles. The Morgan fingerprint density at radius 3 is 2.56 bits per heavy atom. The summed E-state index contributed by atoms with van der Waals surface area (Å²) in [5, 5.41) is 18.9. The number of carbonyl (C=O) groups excluding carboxylic acids is 1. The molecule has 2 aromatic rings. The van der Waals surface area contributed by atoms with Gasteiger partial charge in [0, 0.05) is 32.2 Å². The molecular weight excluding hydrogens is 326 g/mol. The molecule has 1 N–H and O–H groups in total. The van der Waals surface area contributed by atoms with Gasteiger partial charge in [0.05, 0.1) is 22.0 Å². The third-order valence-corrected chi connectivity index (χ3v) is 4.02. The van der Waals surface area contributed by atoms with Crippen molar-refractivity contribution in [1.82, 2.24) is 15.1 Å². The van der Waals surface area contributed by atoms with Gasteiger partial charge in [0.25, 0.3) is 5.69 Å². The van der Waals surface area contributed by atoms with E-state index in [-0.39, 0.29) is 16.7 Å². The number of ether oxygens (including phenoxy) is 1. The maximum absolute atomic E-state index is 12.2. The fourth-order valence-electron chi connectivity index (χ4n) is 2.91. The van der Waals surface area contributed by atoms with Crippen molar-refractivity contribution < 1.29 is 14.5 Å². The number of carbonyl (C=O) groups is 1. The molecular formula is C16H21N5O4. The Kier molecular flexibility index (Phi) is 4.23. The van der Waals surface area contributed by atoms with Crippen LogP contribution in [0.2, 0.25) is 0 Å². The number of H-pyrrole nitrogens is 1. The van der Waals surface area contributed by atoms with E-state index < -0.39 is 5.60 Å². The number of fused-ring (bicyclic) bond motifs is 1. The van der Waals surface area contributed by atoms with E-state index in [1.807, 2.05) is 25.7 Å². The minimum atomic E-state index is -0.546. The summed E-state index contributed by atoms with van der Waals surface area (Å²) in [6.07, 6.45) is 1.24. The van der Waals surface area contributed by atoms with E-state index in [1.54, 1.807) is 17.2 Å². The summed E-state index contributed by atoms with van der Waals surface area (Å²) in [5.74, 6) is 0.